The molecule has 0 heterocycles. The molecule has 1 aromatic carbocycles. The van der Waals surface area contributed by atoms with Crippen molar-refractivity contribution in [3.05, 3.63) is 23.8 Å². The number of sulfonamides is 1. The molecule has 1 aliphatic rings. The molecule has 1 aromatic rings. The van der Waals surface area contributed by atoms with Gasteiger partial charge in [-0.05, 0) is 56.3 Å². The number of rotatable bonds is 5. The lowest BCUT2D eigenvalue weighted by atomic mass is 9.82. The first kappa shape index (κ1) is 16.3. The summed E-state index contributed by atoms with van der Waals surface area (Å²) in [5, 5.41) is 3.41. The molecule has 1 saturated carbocycles. The van der Waals surface area contributed by atoms with Crippen LogP contribution in [0.5, 0.6) is 0 Å². The van der Waals surface area contributed by atoms with Gasteiger partial charge in [0.2, 0.25) is 10.0 Å². The summed E-state index contributed by atoms with van der Waals surface area (Å²) in [4.78, 5) is 0.354. The summed E-state index contributed by atoms with van der Waals surface area (Å²) in [7, 11) is -1.95. The average molecular weight is 310 g/mol. The van der Waals surface area contributed by atoms with Gasteiger partial charge < -0.3 is 5.32 Å². The summed E-state index contributed by atoms with van der Waals surface area (Å²) >= 11 is 0. The first-order valence-corrected chi connectivity index (χ1v) is 9.18. The van der Waals surface area contributed by atoms with E-state index in [1.807, 2.05) is 19.1 Å². The van der Waals surface area contributed by atoms with E-state index in [9.17, 15) is 8.42 Å². The SMILES string of the molecule is CNS(=O)(=O)c1cc(NCC2CCCC(C)C2)ccc1C. The summed E-state index contributed by atoms with van der Waals surface area (Å²) in [6, 6.07) is 5.54. The van der Waals surface area contributed by atoms with Gasteiger partial charge >= 0.3 is 0 Å². The molecule has 2 rings (SSSR count). The van der Waals surface area contributed by atoms with Gasteiger partial charge in [0.25, 0.3) is 0 Å². The molecule has 5 heteroatoms. The molecule has 0 aromatic heterocycles. The van der Waals surface area contributed by atoms with Crippen LogP contribution in [0, 0.1) is 18.8 Å². The molecule has 0 aliphatic heterocycles. The first-order valence-electron chi connectivity index (χ1n) is 7.70. The summed E-state index contributed by atoms with van der Waals surface area (Å²) in [5.74, 6) is 1.50. The average Bonchev–Trinajstić information content (AvgIpc) is 2.46. The molecular weight excluding hydrogens is 284 g/mol. The third-order valence-electron chi connectivity index (χ3n) is 4.39. The van der Waals surface area contributed by atoms with E-state index in [1.54, 1.807) is 6.07 Å². The number of benzene rings is 1. The van der Waals surface area contributed by atoms with Crippen LogP contribution in [0.4, 0.5) is 5.69 Å². The maximum atomic E-state index is 12.0. The van der Waals surface area contributed by atoms with Crippen LogP contribution < -0.4 is 10.0 Å². The second-order valence-corrected chi connectivity index (χ2v) is 8.06. The van der Waals surface area contributed by atoms with Crippen molar-refractivity contribution in [1.29, 1.82) is 0 Å². The molecule has 118 valence electrons. The van der Waals surface area contributed by atoms with Gasteiger partial charge in [-0.25, -0.2) is 13.1 Å². The summed E-state index contributed by atoms with van der Waals surface area (Å²) in [6.07, 6.45) is 5.18. The van der Waals surface area contributed by atoms with Crippen molar-refractivity contribution in [3.63, 3.8) is 0 Å². The fraction of sp³-hybridized carbons (Fsp3) is 0.625. The molecule has 2 N–H and O–H groups in total. The monoisotopic (exact) mass is 310 g/mol. The highest BCUT2D eigenvalue weighted by molar-refractivity contribution is 7.89. The van der Waals surface area contributed by atoms with Gasteiger partial charge in [0.1, 0.15) is 0 Å². The Morgan fingerprint density at radius 1 is 1.29 bits per heavy atom. The first-order chi connectivity index (χ1) is 9.92. The minimum absolute atomic E-state index is 0.354. The lowest BCUT2D eigenvalue weighted by molar-refractivity contribution is 0.293. The van der Waals surface area contributed by atoms with E-state index in [-0.39, 0.29) is 0 Å². The number of hydrogen-bond acceptors (Lipinski definition) is 3. The molecule has 0 radical (unpaired) electrons. The zero-order chi connectivity index (χ0) is 15.5. The second kappa shape index (κ2) is 6.79. The van der Waals surface area contributed by atoms with Crippen LogP contribution in [0.2, 0.25) is 0 Å². The van der Waals surface area contributed by atoms with Gasteiger partial charge in [-0.3, -0.25) is 0 Å². The summed E-state index contributed by atoms with van der Waals surface area (Å²) in [5.41, 5.74) is 1.65. The Labute approximate surface area is 128 Å². The normalized spacial score (nSPS) is 23.0. The minimum Gasteiger partial charge on any atom is -0.385 e. The molecule has 0 amide bonds. The van der Waals surface area contributed by atoms with Gasteiger partial charge in [0.05, 0.1) is 4.90 Å². The van der Waals surface area contributed by atoms with Crippen LogP contribution in [0.1, 0.15) is 38.2 Å². The van der Waals surface area contributed by atoms with Crippen LogP contribution in [-0.4, -0.2) is 22.0 Å². The molecule has 1 aliphatic carbocycles. The third kappa shape index (κ3) is 4.20. The molecule has 2 unspecified atom stereocenters. The Bertz CT molecular complexity index is 584. The van der Waals surface area contributed by atoms with Crippen molar-refractivity contribution < 1.29 is 8.42 Å². The third-order valence-corrected chi connectivity index (χ3v) is 5.94. The maximum Gasteiger partial charge on any atom is 0.240 e. The highest BCUT2D eigenvalue weighted by atomic mass is 32.2. The van der Waals surface area contributed by atoms with Crippen molar-refractivity contribution in [2.24, 2.45) is 11.8 Å². The Morgan fingerprint density at radius 2 is 2.05 bits per heavy atom. The van der Waals surface area contributed by atoms with E-state index < -0.39 is 10.0 Å². The summed E-state index contributed by atoms with van der Waals surface area (Å²) in [6.45, 7) is 5.05. The second-order valence-electron chi connectivity index (χ2n) is 6.21. The number of hydrogen-bond donors (Lipinski definition) is 2. The van der Waals surface area contributed by atoms with Crippen molar-refractivity contribution in [2.75, 3.05) is 18.9 Å². The maximum absolute atomic E-state index is 12.0. The minimum atomic E-state index is -3.39. The van der Waals surface area contributed by atoms with Crippen LogP contribution in [0.25, 0.3) is 0 Å². The van der Waals surface area contributed by atoms with Crippen molar-refractivity contribution in [2.45, 2.75) is 44.4 Å². The lowest BCUT2D eigenvalue weighted by Gasteiger charge is -2.27. The molecule has 0 saturated heterocycles. The predicted octanol–water partition coefficient (Wildman–Crippen LogP) is 3.14. The number of nitrogens with one attached hydrogen (secondary N) is 2. The lowest BCUT2D eigenvalue weighted by Crippen LogP contribution is -2.22. The van der Waals surface area contributed by atoms with Gasteiger partial charge in [-0.15, -0.1) is 0 Å². The molecule has 4 nitrogen and oxygen atoms in total. The molecular formula is C16H26N2O2S. The molecule has 1 fully saturated rings. The zero-order valence-electron chi connectivity index (χ0n) is 13.1. The fourth-order valence-corrected chi connectivity index (χ4v) is 4.11. The van der Waals surface area contributed by atoms with E-state index in [2.05, 4.69) is 17.0 Å². The molecule has 0 bridgehead atoms. The van der Waals surface area contributed by atoms with E-state index in [0.29, 0.717) is 10.8 Å². The summed E-state index contributed by atoms with van der Waals surface area (Å²) < 4.78 is 26.3. The van der Waals surface area contributed by atoms with Crippen molar-refractivity contribution >= 4 is 15.7 Å². The van der Waals surface area contributed by atoms with Gasteiger partial charge in [0.15, 0.2) is 0 Å². The largest absolute Gasteiger partial charge is 0.385 e. The van der Waals surface area contributed by atoms with Gasteiger partial charge in [-0.2, -0.15) is 0 Å². The number of aryl methyl sites for hydroxylation is 1. The van der Waals surface area contributed by atoms with Crippen molar-refractivity contribution in [3.8, 4) is 0 Å². The smallest absolute Gasteiger partial charge is 0.240 e. The van der Waals surface area contributed by atoms with Crippen LogP contribution in [-0.2, 0) is 10.0 Å². The zero-order valence-corrected chi connectivity index (χ0v) is 14.0. The standard InChI is InChI=1S/C16H26N2O2S/c1-12-5-4-6-14(9-12)11-18-15-8-7-13(2)16(10-15)21(19,20)17-3/h7-8,10,12,14,17-18H,4-6,9,11H2,1-3H3. The highest BCUT2D eigenvalue weighted by Crippen LogP contribution is 2.29. The van der Waals surface area contributed by atoms with Crippen molar-refractivity contribution in [1.82, 2.24) is 4.72 Å². The molecule has 0 spiro atoms. The number of anilines is 1. The Morgan fingerprint density at radius 3 is 2.71 bits per heavy atom. The van der Waals surface area contributed by atoms with E-state index in [1.165, 1.54) is 32.7 Å². The van der Waals surface area contributed by atoms with Crippen LogP contribution in [0.15, 0.2) is 23.1 Å². The quantitative estimate of drug-likeness (QED) is 0.878. The van der Waals surface area contributed by atoms with E-state index >= 15 is 0 Å². The Kier molecular flexibility index (Phi) is 5.27. The van der Waals surface area contributed by atoms with Gasteiger partial charge in [0, 0.05) is 12.2 Å². The Hall–Kier alpha value is -1.07. The van der Waals surface area contributed by atoms with Crippen LogP contribution in [0.3, 0.4) is 0 Å². The fourth-order valence-electron chi connectivity index (χ4n) is 3.12. The molecule has 21 heavy (non-hydrogen) atoms. The topological polar surface area (TPSA) is 58.2 Å². The van der Waals surface area contributed by atoms with E-state index in [4.69, 9.17) is 0 Å². The van der Waals surface area contributed by atoms with Gasteiger partial charge in [-0.1, -0.05) is 25.8 Å². The van der Waals surface area contributed by atoms with Crippen LogP contribution >= 0.6 is 0 Å². The van der Waals surface area contributed by atoms with E-state index in [0.717, 1.165) is 23.7 Å². The predicted molar refractivity (Wildman–Crippen MR) is 87.0 cm³/mol. The Balaban J connectivity index is 2.06. The molecule has 2 atom stereocenters. The highest BCUT2D eigenvalue weighted by Gasteiger charge is 2.19.